The summed E-state index contributed by atoms with van der Waals surface area (Å²) >= 11 is 0. The van der Waals surface area contributed by atoms with Crippen molar-refractivity contribution in [3.8, 4) is 5.75 Å². The van der Waals surface area contributed by atoms with E-state index in [1.807, 2.05) is 25.1 Å². The molecule has 2 fully saturated rings. The average Bonchev–Trinajstić information content (AvgIpc) is 3.28. The molecule has 22 heavy (non-hydrogen) atoms. The SMILES string of the molecule is Cc1ccc(NC(=O)C2(N)CC2)cc1OCC1CCOCC1. The van der Waals surface area contributed by atoms with E-state index in [9.17, 15) is 4.79 Å². The Morgan fingerprint density at radius 1 is 1.41 bits per heavy atom. The van der Waals surface area contributed by atoms with Gasteiger partial charge in [0.05, 0.1) is 12.1 Å². The van der Waals surface area contributed by atoms with Gasteiger partial charge >= 0.3 is 0 Å². The zero-order valence-corrected chi connectivity index (χ0v) is 13.1. The number of aryl methyl sites for hydroxylation is 1. The van der Waals surface area contributed by atoms with Gasteiger partial charge in [0, 0.05) is 25.0 Å². The van der Waals surface area contributed by atoms with Crippen LogP contribution in [-0.2, 0) is 9.53 Å². The normalized spacial score (nSPS) is 20.5. The monoisotopic (exact) mass is 304 g/mol. The minimum absolute atomic E-state index is 0.105. The molecular formula is C17H24N2O3. The molecule has 1 aliphatic carbocycles. The Hall–Kier alpha value is -1.59. The van der Waals surface area contributed by atoms with Crippen LogP contribution in [0.3, 0.4) is 0 Å². The van der Waals surface area contributed by atoms with Gasteiger partial charge in [-0.3, -0.25) is 4.79 Å². The molecule has 1 aromatic rings. The first-order chi connectivity index (χ1) is 10.6. The molecule has 0 spiro atoms. The van der Waals surface area contributed by atoms with E-state index in [2.05, 4.69) is 5.32 Å². The Kier molecular flexibility index (Phi) is 4.36. The van der Waals surface area contributed by atoms with E-state index in [4.69, 9.17) is 15.2 Å². The van der Waals surface area contributed by atoms with Crippen molar-refractivity contribution < 1.29 is 14.3 Å². The van der Waals surface area contributed by atoms with Crippen molar-refractivity contribution in [1.29, 1.82) is 0 Å². The topological polar surface area (TPSA) is 73.6 Å². The third-order valence-electron chi connectivity index (χ3n) is 4.50. The molecule has 0 unspecified atom stereocenters. The zero-order chi connectivity index (χ0) is 15.6. The van der Waals surface area contributed by atoms with E-state index in [1.54, 1.807) is 0 Å². The van der Waals surface area contributed by atoms with E-state index in [-0.39, 0.29) is 5.91 Å². The Bertz CT molecular complexity index is 549. The molecule has 0 atom stereocenters. The molecule has 0 bridgehead atoms. The van der Waals surface area contributed by atoms with Crippen LogP contribution in [0.25, 0.3) is 0 Å². The molecule has 1 saturated heterocycles. The third kappa shape index (κ3) is 3.59. The average molecular weight is 304 g/mol. The number of hydrogen-bond acceptors (Lipinski definition) is 4. The molecule has 1 heterocycles. The van der Waals surface area contributed by atoms with Crippen LogP contribution in [0.15, 0.2) is 18.2 Å². The van der Waals surface area contributed by atoms with E-state index in [0.717, 1.165) is 55.9 Å². The first kappa shape index (κ1) is 15.3. The molecule has 1 aromatic carbocycles. The van der Waals surface area contributed by atoms with E-state index in [1.165, 1.54) is 0 Å². The zero-order valence-electron chi connectivity index (χ0n) is 13.1. The van der Waals surface area contributed by atoms with Crippen LogP contribution in [-0.4, -0.2) is 31.3 Å². The highest BCUT2D eigenvalue weighted by Gasteiger charge is 2.45. The molecule has 0 radical (unpaired) electrons. The second-order valence-electron chi connectivity index (χ2n) is 6.46. The molecule has 3 N–H and O–H groups in total. The summed E-state index contributed by atoms with van der Waals surface area (Å²) in [4.78, 5) is 12.0. The van der Waals surface area contributed by atoms with Crippen molar-refractivity contribution in [1.82, 2.24) is 0 Å². The first-order valence-corrected chi connectivity index (χ1v) is 7.98. The predicted molar refractivity (Wildman–Crippen MR) is 85.0 cm³/mol. The number of nitrogens with one attached hydrogen (secondary N) is 1. The molecule has 120 valence electrons. The van der Waals surface area contributed by atoms with Gasteiger partial charge in [-0.1, -0.05) is 6.07 Å². The highest BCUT2D eigenvalue weighted by molar-refractivity contribution is 6.00. The van der Waals surface area contributed by atoms with Gasteiger partial charge in [0.15, 0.2) is 0 Å². The quantitative estimate of drug-likeness (QED) is 0.875. The van der Waals surface area contributed by atoms with Gasteiger partial charge < -0.3 is 20.5 Å². The number of amides is 1. The number of ether oxygens (including phenoxy) is 2. The maximum Gasteiger partial charge on any atom is 0.244 e. The lowest BCUT2D eigenvalue weighted by molar-refractivity contribution is -0.118. The Balaban J connectivity index is 1.60. The largest absolute Gasteiger partial charge is 0.493 e. The second kappa shape index (κ2) is 6.26. The maximum absolute atomic E-state index is 12.0. The fraction of sp³-hybridized carbons (Fsp3) is 0.588. The molecule has 1 amide bonds. The molecule has 5 nitrogen and oxygen atoms in total. The molecule has 5 heteroatoms. The van der Waals surface area contributed by atoms with Gasteiger partial charge in [0.1, 0.15) is 5.75 Å². The van der Waals surface area contributed by atoms with Gasteiger partial charge in [-0.05, 0) is 50.2 Å². The molecule has 3 rings (SSSR count). The Morgan fingerprint density at radius 3 is 2.82 bits per heavy atom. The fourth-order valence-electron chi connectivity index (χ4n) is 2.57. The predicted octanol–water partition coefficient (Wildman–Crippen LogP) is 2.23. The summed E-state index contributed by atoms with van der Waals surface area (Å²) in [6.07, 6.45) is 3.62. The minimum Gasteiger partial charge on any atom is -0.493 e. The summed E-state index contributed by atoms with van der Waals surface area (Å²) in [6, 6.07) is 5.74. The van der Waals surface area contributed by atoms with Crippen LogP contribution in [0.1, 0.15) is 31.2 Å². The van der Waals surface area contributed by atoms with Crippen molar-refractivity contribution in [3.05, 3.63) is 23.8 Å². The number of carbonyl (C=O) groups is 1. The fourth-order valence-corrected chi connectivity index (χ4v) is 2.57. The lowest BCUT2D eigenvalue weighted by Gasteiger charge is -2.22. The molecule has 1 saturated carbocycles. The van der Waals surface area contributed by atoms with Crippen molar-refractivity contribution in [2.24, 2.45) is 11.7 Å². The van der Waals surface area contributed by atoms with Crippen LogP contribution in [0, 0.1) is 12.8 Å². The first-order valence-electron chi connectivity index (χ1n) is 7.98. The van der Waals surface area contributed by atoms with E-state index >= 15 is 0 Å². The maximum atomic E-state index is 12.0. The second-order valence-corrected chi connectivity index (χ2v) is 6.46. The smallest absolute Gasteiger partial charge is 0.244 e. The van der Waals surface area contributed by atoms with E-state index < -0.39 is 5.54 Å². The highest BCUT2D eigenvalue weighted by Crippen LogP contribution is 2.34. The van der Waals surface area contributed by atoms with Gasteiger partial charge in [-0.15, -0.1) is 0 Å². The van der Waals surface area contributed by atoms with E-state index in [0.29, 0.717) is 12.5 Å². The molecule has 0 aromatic heterocycles. The van der Waals surface area contributed by atoms with Gasteiger partial charge in [-0.2, -0.15) is 0 Å². The third-order valence-corrected chi connectivity index (χ3v) is 4.50. The number of carbonyl (C=O) groups excluding carboxylic acids is 1. The molecular weight excluding hydrogens is 280 g/mol. The van der Waals surface area contributed by atoms with Gasteiger partial charge in [0.2, 0.25) is 5.91 Å². The Labute approximate surface area is 131 Å². The van der Waals surface area contributed by atoms with Crippen molar-refractivity contribution in [3.63, 3.8) is 0 Å². The molecule has 2 aliphatic rings. The summed E-state index contributed by atoms with van der Waals surface area (Å²) in [5, 5.41) is 2.89. The summed E-state index contributed by atoms with van der Waals surface area (Å²) in [6.45, 7) is 4.35. The number of benzene rings is 1. The van der Waals surface area contributed by atoms with Gasteiger partial charge in [0.25, 0.3) is 0 Å². The van der Waals surface area contributed by atoms with Crippen molar-refractivity contribution in [2.75, 3.05) is 25.1 Å². The lowest BCUT2D eigenvalue weighted by atomic mass is 10.0. The summed E-state index contributed by atoms with van der Waals surface area (Å²) < 4.78 is 11.3. The van der Waals surface area contributed by atoms with Crippen LogP contribution in [0.4, 0.5) is 5.69 Å². The molecule has 1 aliphatic heterocycles. The lowest BCUT2D eigenvalue weighted by Crippen LogP contribution is -2.37. The number of nitrogens with two attached hydrogens (primary N) is 1. The number of rotatable bonds is 5. The summed E-state index contributed by atoms with van der Waals surface area (Å²) in [5.74, 6) is 1.27. The van der Waals surface area contributed by atoms with Crippen molar-refractivity contribution >= 4 is 11.6 Å². The number of hydrogen-bond donors (Lipinski definition) is 2. The van der Waals surface area contributed by atoms with Crippen molar-refractivity contribution in [2.45, 2.75) is 38.1 Å². The summed E-state index contributed by atoms with van der Waals surface area (Å²) in [5.41, 5.74) is 7.06. The standard InChI is InChI=1S/C17H24N2O3/c1-12-2-3-14(19-16(20)17(18)6-7-17)10-15(12)22-11-13-4-8-21-9-5-13/h2-3,10,13H,4-9,11,18H2,1H3,(H,19,20). The highest BCUT2D eigenvalue weighted by atomic mass is 16.5. The van der Waals surface area contributed by atoms with Crippen LogP contribution in [0.5, 0.6) is 5.75 Å². The van der Waals surface area contributed by atoms with Gasteiger partial charge in [-0.25, -0.2) is 0 Å². The van der Waals surface area contributed by atoms with Crippen LogP contribution < -0.4 is 15.8 Å². The van der Waals surface area contributed by atoms with Crippen LogP contribution >= 0.6 is 0 Å². The number of anilines is 1. The minimum atomic E-state index is -0.659. The van der Waals surface area contributed by atoms with Crippen LogP contribution in [0.2, 0.25) is 0 Å². The summed E-state index contributed by atoms with van der Waals surface area (Å²) in [7, 11) is 0. The Morgan fingerprint density at radius 2 is 2.14 bits per heavy atom.